The van der Waals surface area contributed by atoms with E-state index in [4.69, 9.17) is 21.4 Å². The number of benzene rings is 1. The third-order valence-corrected chi connectivity index (χ3v) is 6.26. The first kappa shape index (κ1) is 21.0. The van der Waals surface area contributed by atoms with Crippen LogP contribution in [-0.4, -0.2) is 35.3 Å². The standard InChI is InChI=1S/C23H24BrN3O2S/c1-15-7-8-16(17(24)14-15)19-9-10-20(29-19)22-21(18-6-3-4-11-25-18)26-23(30)27(22)12-5-13-28-2/h3-4,6-11,14,21-22H,5,12-13H2,1-2H3,(H,26,30)/t21-,22-/m1/s1. The van der Waals surface area contributed by atoms with Crippen molar-refractivity contribution in [2.75, 3.05) is 20.3 Å². The molecule has 1 fully saturated rings. The van der Waals surface area contributed by atoms with Crippen molar-refractivity contribution in [3.05, 3.63) is 76.2 Å². The lowest BCUT2D eigenvalue weighted by Crippen LogP contribution is -2.31. The highest BCUT2D eigenvalue weighted by atomic mass is 79.9. The van der Waals surface area contributed by atoms with Crippen LogP contribution in [0.2, 0.25) is 0 Å². The fraction of sp³-hybridized carbons (Fsp3) is 0.304. The third-order valence-electron chi connectivity index (χ3n) is 5.25. The summed E-state index contributed by atoms with van der Waals surface area (Å²) >= 11 is 9.34. The molecule has 156 valence electrons. The molecule has 7 heteroatoms. The first-order valence-electron chi connectivity index (χ1n) is 9.91. The van der Waals surface area contributed by atoms with Gasteiger partial charge in [0.1, 0.15) is 17.6 Å². The number of methoxy groups -OCH3 is 1. The zero-order valence-electron chi connectivity index (χ0n) is 17.0. The van der Waals surface area contributed by atoms with Crippen molar-refractivity contribution < 1.29 is 9.15 Å². The minimum atomic E-state index is -0.0818. The van der Waals surface area contributed by atoms with Crippen molar-refractivity contribution in [3.63, 3.8) is 0 Å². The molecule has 0 amide bonds. The Kier molecular flexibility index (Phi) is 6.51. The highest BCUT2D eigenvalue weighted by molar-refractivity contribution is 9.10. The molecule has 1 aliphatic rings. The second-order valence-electron chi connectivity index (χ2n) is 7.35. The minimum absolute atomic E-state index is 0.0813. The fourth-order valence-electron chi connectivity index (χ4n) is 3.81. The van der Waals surface area contributed by atoms with Crippen LogP contribution in [0.15, 0.2) is 63.6 Å². The number of pyridine rings is 1. The Balaban J connectivity index is 1.69. The second-order valence-corrected chi connectivity index (χ2v) is 8.59. The van der Waals surface area contributed by atoms with Crippen LogP contribution in [0.4, 0.5) is 0 Å². The molecule has 0 saturated carbocycles. The molecule has 1 N–H and O–H groups in total. The SMILES string of the molecule is COCCCN1C(=S)N[C@H](c2ccccn2)[C@H]1c1ccc(-c2ccc(C)cc2Br)o1. The number of rotatable bonds is 7. The van der Waals surface area contributed by atoms with E-state index in [1.54, 1.807) is 7.11 Å². The number of aryl methyl sites for hydroxylation is 1. The van der Waals surface area contributed by atoms with Crippen LogP contribution in [0.3, 0.4) is 0 Å². The number of hydrogen-bond acceptors (Lipinski definition) is 4. The molecule has 1 saturated heterocycles. The highest BCUT2D eigenvalue weighted by Gasteiger charge is 2.41. The molecule has 0 bridgehead atoms. The quantitative estimate of drug-likeness (QED) is 0.356. The number of furan rings is 1. The van der Waals surface area contributed by atoms with Crippen LogP contribution in [0.5, 0.6) is 0 Å². The molecule has 1 aliphatic heterocycles. The molecule has 0 unspecified atom stereocenters. The Morgan fingerprint density at radius 3 is 2.83 bits per heavy atom. The lowest BCUT2D eigenvalue weighted by molar-refractivity contribution is 0.177. The van der Waals surface area contributed by atoms with Crippen LogP contribution < -0.4 is 5.32 Å². The molecular weight excluding hydrogens is 462 g/mol. The van der Waals surface area contributed by atoms with Gasteiger partial charge in [-0.15, -0.1) is 0 Å². The molecule has 3 heterocycles. The topological polar surface area (TPSA) is 50.5 Å². The Labute approximate surface area is 190 Å². The summed E-state index contributed by atoms with van der Waals surface area (Å²) in [5.74, 6) is 1.68. The smallest absolute Gasteiger partial charge is 0.170 e. The number of nitrogens with zero attached hydrogens (tertiary/aromatic N) is 2. The van der Waals surface area contributed by atoms with E-state index in [0.29, 0.717) is 11.7 Å². The van der Waals surface area contributed by atoms with Crippen molar-refractivity contribution in [1.29, 1.82) is 0 Å². The molecule has 3 aromatic rings. The maximum absolute atomic E-state index is 6.38. The van der Waals surface area contributed by atoms with E-state index in [2.05, 4.69) is 56.3 Å². The van der Waals surface area contributed by atoms with Gasteiger partial charge < -0.3 is 19.4 Å². The Hall–Kier alpha value is -2.22. The normalized spacial score (nSPS) is 18.6. The summed E-state index contributed by atoms with van der Waals surface area (Å²) in [5.41, 5.74) is 3.16. The lowest BCUT2D eigenvalue weighted by atomic mass is 10.0. The van der Waals surface area contributed by atoms with Gasteiger partial charge in [-0.2, -0.15) is 0 Å². The van der Waals surface area contributed by atoms with Gasteiger partial charge >= 0.3 is 0 Å². The van der Waals surface area contributed by atoms with Gasteiger partial charge in [0.05, 0.1) is 11.7 Å². The molecule has 4 rings (SSSR count). The van der Waals surface area contributed by atoms with E-state index >= 15 is 0 Å². The van der Waals surface area contributed by atoms with Crippen LogP contribution in [0, 0.1) is 6.92 Å². The average Bonchev–Trinajstić information content (AvgIpc) is 3.34. The monoisotopic (exact) mass is 485 g/mol. The van der Waals surface area contributed by atoms with Crippen molar-refractivity contribution >= 4 is 33.3 Å². The fourth-order valence-corrected chi connectivity index (χ4v) is 4.83. The van der Waals surface area contributed by atoms with Crippen LogP contribution in [0.1, 0.15) is 35.5 Å². The first-order valence-corrected chi connectivity index (χ1v) is 11.1. The number of ether oxygens (including phenoxy) is 1. The second kappa shape index (κ2) is 9.29. The van der Waals surface area contributed by atoms with Crippen LogP contribution >= 0.6 is 28.1 Å². The number of thiocarbonyl (C=S) groups is 1. The molecular formula is C23H24BrN3O2S. The largest absolute Gasteiger partial charge is 0.459 e. The van der Waals surface area contributed by atoms with Crippen molar-refractivity contribution in [2.45, 2.75) is 25.4 Å². The van der Waals surface area contributed by atoms with Gasteiger partial charge in [-0.1, -0.05) is 28.1 Å². The maximum atomic E-state index is 6.38. The summed E-state index contributed by atoms with van der Waals surface area (Å²) in [6.45, 7) is 3.53. The molecule has 5 nitrogen and oxygen atoms in total. The zero-order valence-corrected chi connectivity index (χ0v) is 19.4. The van der Waals surface area contributed by atoms with Gasteiger partial charge in [-0.05, 0) is 67.5 Å². The maximum Gasteiger partial charge on any atom is 0.170 e. The molecule has 2 aromatic heterocycles. The van der Waals surface area contributed by atoms with E-state index in [1.807, 2.05) is 36.5 Å². The number of aromatic nitrogens is 1. The number of hydrogen-bond donors (Lipinski definition) is 1. The Morgan fingerprint density at radius 2 is 2.10 bits per heavy atom. The molecule has 30 heavy (non-hydrogen) atoms. The van der Waals surface area contributed by atoms with E-state index in [-0.39, 0.29) is 12.1 Å². The summed E-state index contributed by atoms with van der Waals surface area (Å²) < 4.78 is 12.6. The predicted molar refractivity (Wildman–Crippen MR) is 125 cm³/mol. The van der Waals surface area contributed by atoms with Crippen molar-refractivity contribution in [1.82, 2.24) is 15.2 Å². The van der Waals surface area contributed by atoms with Crippen LogP contribution in [-0.2, 0) is 4.74 Å². The summed E-state index contributed by atoms with van der Waals surface area (Å²) in [5, 5.41) is 4.16. The number of nitrogens with one attached hydrogen (secondary N) is 1. The van der Waals surface area contributed by atoms with Gasteiger partial charge in [0, 0.05) is 36.5 Å². The predicted octanol–water partition coefficient (Wildman–Crippen LogP) is 5.42. The highest BCUT2D eigenvalue weighted by Crippen LogP contribution is 2.41. The van der Waals surface area contributed by atoms with Gasteiger partial charge in [0.15, 0.2) is 5.11 Å². The van der Waals surface area contributed by atoms with E-state index < -0.39 is 0 Å². The van der Waals surface area contributed by atoms with E-state index in [1.165, 1.54) is 5.56 Å². The number of halogens is 1. The van der Waals surface area contributed by atoms with Gasteiger partial charge in [-0.3, -0.25) is 4.98 Å². The van der Waals surface area contributed by atoms with Gasteiger partial charge in [0.25, 0.3) is 0 Å². The summed E-state index contributed by atoms with van der Waals surface area (Å²) in [6, 6.07) is 16.1. The first-order chi connectivity index (χ1) is 14.6. The zero-order chi connectivity index (χ0) is 21.1. The lowest BCUT2D eigenvalue weighted by Gasteiger charge is -2.26. The van der Waals surface area contributed by atoms with Crippen molar-refractivity contribution in [2.24, 2.45) is 0 Å². The summed E-state index contributed by atoms with van der Waals surface area (Å²) in [4.78, 5) is 6.75. The Bertz CT molecular complexity index is 1020. The van der Waals surface area contributed by atoms with Gasteiger partial charge in [0.2, 0.25) is 0 Å². The van der Waals surface area contributed by atoms with E-state index in [9.17, 15) is 0 Å². The minimum Gasteiger partial charge on any atom is -0.459 e. The van der Waals surface area contributed by atoms with Gasteiger partial charge in [-0.25, -0.2) is 0 Å². The Morgan fingerprint density at radius 1 is 1.23 bits per heavy atom. The summed E-state index contributed by atoms with van der Waals surface area (Å²) in [6.07, 6.45) is 2.68. The molecule has 2 atom stereocenters. The summed E-state index contributed by atoms with van der Waals surface area (Å²) in [7, 11) is 1.72. The third kappa shape index (κ3) is 4.29. The average molecular weight is 486 g/mol. The molecule has 0 radical (unpaired) electrons. The molecule has 0 spiro atoms. The molecule has 0 aliphatic carbocycles. The van der Waals surface area contributed by atoms with Crippen LogP contribution in [0.25, 0.3) is 11.3 Å². The molecule has 1 aromatic carbocycles. The van der Waals surface area contributed by atoms with Crippen molar-refractivity contribution in [3.8, 4) is 11.3 Å². The van der Waals surface area contributed by atoms with E-state index in [0.717, 1.165) is 40.2 Å².